The Hall–Kier alpha value is -2.05. The Morgan fingerprint density at radius 1 is 1.21 bits per heavy atom. The van der Waals surface area contributed by atoms with Crippen molar-refractivity contribution < 1.29 is 22.8 Å². The van der Waals surface area contributed by atoms with Crippen molar-refractivity contribution in [1.82, 2.24) is 5.32 Å². The van der Waals surface area contributed by atoms with E-state index < -0.39 is 29.6 Å². The number of hydrogen-bond acceptors (Lipinski definition) is 3. The molecule has 1 saturated heterocycles. The lowest BCUT2D eigenvalue weighted by Crippen LogP contribution is -2.47. The second-order valence-corrected chi connectivity index (χ2v) is 4.19. The molecule has 0 aliphatic carbocycles. The molecule has 1 aliphatic heterocycles. The third kappa shape index (κ3) is 3.04. The van der Waals surface area contributed by atoms with Gasteiger partial charge in [-0.25, -0.2) is 0 Å². The van der Waals surface area contributed by atoms with Gasteiger partial charge in [0.1, 0.15) is 6.04 Å². The summed E-state index contributed by atoms with van der Waals surface area (Å²) in [6.45, 7) is 0. The monoisotopic (exact) mass is 272 g/mol. The molecule has 7 heteroatoms. The molecule has 4 nitrogen and oxygen atoms in total. The van der Waals surface area contributed by atoms with Crippen molar-refractivity contribution in [2.75, 3.05) is 5.32 Å². The summed E-state index contributed by atoms with van der Waals surface area (Å²) < 4.78 is 38.3. The molecule has 0 bridgehead atoms. The molecule has 102 valence electrons. The van der Waals surface area contributed by atoms with Crippen LogP contribution in [-0.2, 0) is 15.8 Å². The molecule has 2 N–H and O–H groups in total. The number of hydrogen-bond donors (Lipinski definition) is 2. The highest BCUT2D eigenvalue weighted by Crippen LogP contribution is 2.35. The number of imide groups is 1. The van der Waals surface area contributed by atoms with Crippen molar-refractivity contribution in [3.63, 3.8) is 0 Å². The number of halogens is 3. The quantitative estimate of drug-likeness (QED) is 0.809. The van der Waals surface area contributed by atoms with Gasteiger partial charge >= 0.3 is 6.18 Å². The predicted octanol–water partition coefficient (Wildman–Crippen LogP) is 1.92. The minimum Gasteiger partial charge on any atom is -0.373 e. The molecule has 0 aromatic heterocycles. The summed E-state index contributed by atoms with van der Waals surface area (Å²) >= 11 is 0. The molecule has 1 atom stereocenters. The zero-order chi connectivity index (χ0) is 14.0. The first-order valence-electron chi connectivity index (χ1n) is 5.64. The van der Waals surface area contributed by atoms with Gasteiger partial charge in [-0.15, -0.1) is 0 Å². The Labute approximate surface area is 107 Å². The first-order valence-corrected chi connectivity index (χ1v) is 5.64. The van der Waals surface area contributed by atoms with Crippen molar-refractivity contribution in [3.05, 3.63) is 29.8 Å². The number of anilines is 1. The number of benzene rings is 1. The summed E-state index contributed by atoms with van der Waals surface area (Å²) in [4.78, 5) is 22.5. The fourth-order valence-electron chi connectivity index (χ4n) is 1.88. The zero-order valence-corrected chi connectivity index (χ0v) is 9.75. The molecule has 1 unspecified atom stereocenters. The van der Waals surface area contributed by atoms with Crippen LogP contribution in [0, 0.1) is 0 Å². The molecular formula is C12H11F3N2O2. The average Bonchev–Trinajstić information content (AvgIpc) is 2.32. The summed E-state index contributed by atoms with van der Waals surface area (Å²) in [5, 5.41) is 4.63. The van der Waals surface area contributed by atoms with Crippen LogP contribution in [0.15, 0.2) is 24.3 Å². The number of nitrogens with one attached hydrogen (secondary N) is 2. The van der Waals surface area contributed by atoms with E-state index in [-0.39, 0.29) is 18.5 Å². The lowest BCUT2D eigenvalue weighted by molar-refractivity contribution is -0.138. The van der Waals surface area contributed by atoms with Gasteiger partial charge in [0.25, 0.3) is 0 Å². The van der Waals surface area contributed by atoms with E-state index in [4.69, 9.17) is 0 Å². The fourth-order valence-corrected chi connectivity index (χ4v) is 1.88. The molecule has 19 heavy (non-hydrogen) atoms. The Morgan fingerprint density at radius 2 is 1.89 bits per heavy atom. The van der Waals surface area contributed by atoms with Crippen molar-refractivity contribution in [3.8, 4) is 0 Å². The van der Waals surface area contributed by atoms with Crippen molar-refractivity contribution in [1.29, 1.82) is 0 Å². The molecule has 0 saturated carbocycles. The lowest BCUT2D eigenvalue weighted by atomic mass is 10.0. The highest BCUT2D eigenvalue weighted by atomic mass is 19.4. The van der Waals surface area contributed by atoms with Crippen LogP contribution in [0.1, 0.15) is 18.4 Å². The molecule has 2 amide bonds. The van der Waals surface area contributed by atoms with E-state index in [1.54, 1.807) is 0 Å². The first-order chi connectivity index (χ1) is 8.88. The molecule has 1 aromatic carbocycles. The maximum Gasteiger partial charge on any atom is 0.418 e. The van der Waals surface area contributed by atoms with E-state index in [9.17, 15) is 22.8 Å². The number of alkyl halides is 3. The second-order valence-electron chi connectivity index (χ2n) is 4.19. The molecule has 1 aliphatic rings. The van der Waals surface area contributed by atoms with E-state index in [2.05, 4.69) is 10.6 Å². The van der Waals surface area contributed by atoms with Gasteiger partial charge in [-0.2, -0.15) is 13.2 Å². The molecule has 1 fully saturated rings. The van der Waals surface area contributed by atoms with Gasteiger partial charge in [-0.1, -0.05) is 12.1 Å². The summed E-state index contributed by atoms with van der Waals surface area (Å²) in [7, 11) is 0. The van der Waals surface area contributed by atoms with Gasteiger partial charge in [0, 0.05) is 12.1 Å². The first kappa shape index (κ1) is 13.4. The summed E-state index contributed by atoms with van der Waals surface area (Å²) in [6.07, 6.45) is -4.21. The third-order valence-electron chi connectivity index (χ3n) is 2.80. The van der Waals surface area contributed by atoms with Crippen LogP contribution in [0.3, 0.4) is 0 Å². The van der Waals surface area contributed by atoms with E-state index >= 15 is 0 Å². The number of amides is 2. The number of para-hydroxylation sites is 1. The highest BCUT2D eigenvalue weighted by Gasteiger charge is 2.35. The molecule has 2 rings (SSSR count). The number of carbonyl (C=O) groups is 2. The fraction of sp³-hybridized carbons (Fsp3) is 0.333. The Bertz CT molecular complexity index is 514. The molecule has 0 spiro atoms. The van der Waals surface area contributed by atoms with Crippen LogP contribution in [0.5, 0.6) is 0 Å². The Balaban J connectivity index is 2.20. The topological polar surface area (TPSA) is 58.2 Å². The SMILES string of the molecule is O=C1CCC(Nc2ccccc2C(F)(F)F)C(=O)N1. The Morgan fingerprint density at radius 3 is 2.53 bits per heavy atom. The van der Waals surface area contributed by atoms with E-state index in [1.807, 2.05) is 0 Å². The van der Waals surface area contributed by atoms with Crippen LogP contribution < -0.4 is 10.6 Å². The molecule has 1 aromatic rings. The van der Waals surface area contributed by atoms with Crippen LogP contribution in [0.2, 0.25) is 0 Å². The molecular weight excluding hydrogens is 261 g/mol. The Kier molecular flexibility index (Phi) is 3.46. The zero-order valence-electron chi connectivity index (χ0n) is 9.75. The van der Waals surface area contributed by atoms with Crippen LogP contribution >= 0.6 is 0 Å². The average molecular weight is 272 g/mol. The van der Waals surface area contributed by atoms with Gasteiger partial charge in [0.2, 0.25) is 11.8 Å². The van der Waals surface area contributed by atoms with Crippen LogP contribution in [-0.4, -0.2) is 17.9 Å². The van der Waals surface area contributed by atoms with E-state index in [0.717, 1.165) is 6.07 Å². The molecule has 0 radical (unpaired) electrons. The smallest absolute Gasteiger partial charge is 0.373 e. The van der Waals surface area contributed by atoms with Gasteiger partial charge in [-0.3, -0.25) is 14.9 Å². The number of rotatable bonds is 2. The van der Waals surface area contributed by atoms with E-state index in [1.165, 1.54) is 18.2 Å². The van der Waals surface area contributed by atoms with Crippen molar-refractivity contribution in [2.24, 2.45) is 0 Å². The maximum atomic E-state index is 12.8. The number of carbonyl (C=O) groups excluding carboxylic acids is 2. The largest absolute Gasteiger partial charge is 0.418 e. The normalized spacial score (nSPS) is 20.1. The van der Waals surface area contributed by atoms with Gasteiger partial charge < -0.3 is 5.32 Å². The predicted molar refractivity (Wildman–Crippen MR) is 61.2 cm³/mol. The maximum absolute atomic E-state index is 12.8. The lowest BCUT2D eigenvalue weighted by Gasteiger charge is -2.24. The van der Waals surface area contributed by atoms with Gasteiger partial charge in [0.05, 0.1) is 5.56 Å². The summed E-state index contributed by atoms with van der Waals surface area (Å²) in [6, 6.07) is 4.09. The van der Waals surface area contributed by atoms with E-state index in [0.29, 0.717) is 0 Å². The number of piperidine rings is 1. The van der Waals surface area contributed by atoms with Gasteiger partial charge in [0.15, 0.2) is 0 Å². The summed E-state index contributed by atoms with van der Waals surface area (Å²) in [5.74, 6) is -1.01. The second kappa shape index (κ2) is 4.91. The highest BCUT2D eigenvalue weighted by molar-refractivity contribution is 6.01. The van der Waals surface area contributed by atoms with Crippen LogP contribution in [0.25, 0.3) is 0 Å². The van der Waals surface area contributed by atoms with Gasteiger partial charge in [-0.05, 0) is 18.6 Å². The van der Waals surface area contributed by atoms with Crippen LogP contribution in [0.4, 0.5) is 18.9 Å². The third-order valence-corrected chi connectivity index (χ3v) is 2.80. The molecule has 1 heterocycles. The minimum atomic E-state index is -4.50. The van der Waals surface area contributed by atoms with Crippen molar-refractivity contribution in [2.45, 2.75) is 25.1 Å². The summed E-state index contributed by atoms with van der Waals surface area (Å²) in [5.41, 5.74) is -0.996. The van der Waals surface area contributed by atoms with Crippen molar-refractivity contribution >= 4 is 17.5 Å². The standard InChI is InChI=1S/C12H11F3N2O2/c13-12(14,15)7-3-1-2-4-8(7)16-9-5-6-10(18)17-11(9)19/h1-4,9,16H,5-6H2,(H,17,18,19). The minimum absolute atomic E-state index is 0.109.